The average Bonchev–Trinajstić information content (AvgIpc) is 2.34. The van der Waals surface area contributed by atoms with Crippen LogP contribution in [0.3, 0.4) is 0 Å². The molecule has 1 aromatic rings. The molecule has 17 heavy (non-hydrogen) atoms. The average molecular weight is 236 g/mol. The van der Waals surface area contributed by atoms with E-state index in [2.05, 4.69) is 9.47 Å². The summed E-state index contributed by atoms with van der Waals surface area (Å²) in [5.74, 6) is -2.04. The van der Waals surface area contributed by atoms with Crippen molar-refractivity contribution in [1.29, 1.82) is 0 Å². The molecule has 0 aromatic heterocycles. The van der Waals surface area contributed by atoms with Gasteiger partial charge in [-0.25, -0.2) is 0 Å². The third-order valence-corrected chi connectivity index (χ3v) is 2.49. The highest BCUT2D eigenvalue weighted by Crippen LogP contribution is 2.13. The van der Waals surface area contributed by atoms with E-state index in [1.165, 1.54) is 14.2 Å². The molecule has 0 N–H and O–H groups in total. The zero-order valence-corrected chi connectivity index (χ0v) is 10.2. The molecule has 1 rings (SSSR count). The van der Waals surface area contributed by atoms with Gasteiger partial charge >= 0.3 is 11.9 Å². The first-order valence-corrected chi connectivity index (χ1v) is 5.29. The van der Waals surface area contributed by atoms with Crippen molar-refractivity contribution in [3.05, 3.63) is 35.4 Å². The Labute approximate surface area is 101 Å². The molecule has 4 heteroatoms. The smallest absolute Gasteiger partial charge is 0.320 e. The summed E-state index contributed by atoms with van der Waals surface area (Å²) >= 11 is 0. The lowest BCUT2D eigenvalue weighted by Gasteiger charge is -2.12. The van der Waals surface area contributed by atoms with Gasteiger partial charge in [0.05, 0.1) is 14.2 Å². The number of esters is 2. The fourth-order valence-electron chi connectivity index (χ4n) is 1.62. The molecule has 0 fully saturated rings. The second-order valence-corrected chi connectivity index (χ2v) is 3.79. The molecular weight excluding hydrogens is 220 g/mol. The molecule has 0 atom stereocenters. The van der Waals surface area contributed by atoms with E-state index < -0.39 is 17.9 Å². The highest BCUT2D eigenvalue weighted by atomic mass is 16.5. The van der Waals surface area contributed by atoms with Crippen molar-refractivity contribution in [3.63, 3.8) is 0 Å². The zero-order valence-electron chi connectivity index (χ0n) is 10.2. The van der Waals surface area contributed by atoms with Crippen LogP contribution in [0.25, 0.3) is 0 Å². The monoisotopic (exact) mass is 236 g/mol. The Bertz CT molecular complexity index is 396. The predicted octanol–water partition coefficient (Wildman–Crippen LogP) is 1.50. The summed E-state index contributed by atoms with van der Waals surface area (Å²) < 4.78 is 9.20. The molecule has 0 bridgehead atoms. The topological polar surface area (TPSA) is 52.6 Å². The minimum Gasteiger partial charge on any atom is -0.468 e. The first-order valence-electron chi connectivity index (χ1n) is 5.29. The quantitative estimate of drug-likeness (QED) is 0.587. The van der Waals surface area contributed by atoms with Crippen molar-refractivity contribution >= 4 is 11.9 Å². The van der Waals surface area contributed by atoms with Gasteiger partial charge in [0.25, 0.3) is 0 Å². The molecule has 0 saturated heterocycles. The highest BCUT2D eigenvalue weighted by molar-refractivity contribution is 5.95. The van der Waals surface area contributed by atoms with Gasteiger partial charge in [0.2, 0.25) is 0 Å². The Morgan fingerprint density at radius 1 is 1.18 bits per heavy atom. The maximum Gasteiger partial charge on any atom is 0.320 e. The standard InChI is InChI=1S/C13H16O4/c1-9-5-4-6-10(7-9)8-11(12(14)16-2)13(15)17-3/h4-7,11H,8H2,1-3H3. The van der Waals surface area contributed by atoms with Gasteiger partial charge in [-0.3, -0.25) is 9.59 Å². The third-order valence-electron chi connectivity index (χ3n) is 2.49. The number of aryl methyl sites for hydroxylation is 1. The van der Waals surface area contributed by atoms with Crippen LogP contribution in [0.15, 0.2) is 24.3 Å². The number of benzene rings is 1. The maximum atomic E-state index is 11.5. The van der Waals surface area contributed by atoms with E-state index in [1.807, 2.05) is 31.2 Å². The normalized spacial score (nSPS) is 10.1. The summed E-state index contributed by atoms with van der Waals surface area (Å²) in [5.41, 5.74) is 1.99. The second kappa shape index (κ2) is 6.03. The number of hydrogen-bond acceptors (Lipinski definition) is 4. The molecule has 0 spiro atoms. The zero-order chi connectivity index (χ0) is 12.8. The van der Waals surface area contributed by atoms with Gasteiger partial charge in [0, 0.05) is 0 Å². The molecule has 0 aliphatic carbocycles. The van der Waals surface area contributed by atoms with Crippen molar-refractivity contribution in [2.24, 2.45) is 5.92 Å². The third kappa shape index (κ3) is 3.59. The lowest BCUT2D eigenvalue weighted by molar-refractivity contribution is -0.158. The summed E-state index contributed by atoms with van der Waals surface area (Å²) in [4.78, 5) is 23.0. The lowest BCUT2D eigenvalue weighted by Crippen LogP contribution is -2.28. The Morgan fingerprint density at radius 3 is 2.24 bits per heavy atom. The lowest BCUT2D eigenvalue weighted by atomic mass is 9.98. The van der Waals surface area contributed by atoms with Gasteiger partial charge < -0.3 is 9.47 Å². The van der Waals surface area contributed by atoms with Gasteiger partial charge in [-0.1, -0.05) is 29.8 Å². The molecule has 0 aliphatic rings. The van der Waals surface area contributed by atoms with Crippen LogP contribution in [0.2, 0.25) is 0 Å². The van der Waals surface area contributed by atoms with Crippen LogP contribution < -0.4 is 0 Å². The first kappa shape index (κ1) is 13.2. The van der Waals surface area contributed by atoms with Gasteiger partial charge in [0.15, 0.2) is 5.92 Å². The predicted molar refractivity (Wildman–Crippen MR) is 62.4 cm³/mol. The van der Waals surface area contributed by atoms with Crippen molar-refractivity contribution in [2.45, 2.75) is 13.3 Å². The second-order valence-electron chi connectivity index (χ2n) is 3.79. The largest absolute Gasteiger partial charge is 0.468 e. The van der Waals surface area contributed by atoms with E-state index in [1.54, 1.807) is 0 Å². The van der Waals surface area contributed by atoms with Crippen molar-refractivity contribution in [3.8, 4) is 0 Å². The maximum absolute atomic E-state index is 11.5. The molecule has 0 saturated carbocycles. The van der Waals surface area contributed by atoms with Crippen LogP contribution in [-0.4, -0.2) is 26.2 Å². The van der Waals surface area contributed by atoms with Gasteiger partial charge in [-0.15, -0.1) is 0 Å². The Kier molecular flexibility index (Phi) is 4.69. The van der Waals surface area contributed by atoms with Gasteiger partial charge in [-0.2, -0.15) is 0 Å². The van der Waals surface area contributed by atoms with Crippen molar-refractivity contribution in [1.82, 2.24) is 0 Å². The molecule has 0 unspecified atom stereocenters. The molecule has 4 nitrogen and oxygen atoms in total. The summed E-state index contributed by atoms with van der Waals surface area (Å²) in [5, 5.41) is 0. The van der Waals surface area contributed by atoms with Gasteiger partial charge in [0.1, 0.15) is 0 Å². The summed E-state index contributed by atoms with van der Waals surface area (Å²) in [7, 11) is 2.52. The highest BCUT2D eigenvalue weighted by Gasteiger charge is 2.28. The number of carbonyl (C=O) groups is 2. The number of carbonyl (C=O) groups excluding carboxylic acids is 2. The molecule has 0 heterocycles. The van der Waals surface area contributed by atoms with Crippen molar-refractivity contribution in [2.75, 3.05) is 14.2 Å². The summed E-state index contributed by atoms with van der Waals surface area (Å²) in [6.07, 6.45) is 0.293. The minimum atomic E-state index is -0.896. The van der Waals surface area contributed by atoms with E-state index in [4.69, 9.17) is 0 Å². The number of ether oxygens (including phenoxy) is 2. The van der Waals surface area contributed by atoms with E-state index >= 15 is 0 Å². The molecule has 0 aliphatic heterocycles. The van der Waals surface area contributed by atoms with Crippen LogP contribution in [0, 0.1) is 12.8 Å². The SMILES string of the molecule is COC(=O)C(Cc1cccc(C)c1)C(=O)OC. The van der Waals surface area contributed by atoms with Crippen molar-refractivity contribution < 1.29 is 19.1 Å². The van der Waals surface area contributed by atoms with Crippen LogP contribution in [-0.2, 0) is 25.5 Å². The Morgan fingerprint density at radius 2 is 1.76 bits per heavy atom. The van der Waals surface area contributed by atoms with Crippen LogP contribution in [0.5, 0.6) is 0 Å². The number of methoxy groups -OCH3 is 2. The molecular formula is C13H16O4. The van der Waals surface area contributed by atoms with Gasteiger partial charge in [-0.05, 0) is 18.9 Å². The molecule has 0 amide bonds. The van der Waals surface area contributed by atoms with E-state index in [0.29, 0.717) is 6.42 Å². The minimum absolute atomic E-state index is 0.293. The van der Waals surface area contributed by atoms with E-state index in [0.717, 1.165) is 11.1 Å². The van der Waals surface area contributed by atoms with E-state index in [-0.39, 0.29) is 0 Å². The number of rotatable bonds is 4. The van der Waals surface area contributed by atoms with Crippen LogP contribution in [0.4, 0.5) is 0 Å². The Hall–Kier alpha value is -1.84. The fraction of sp³-hybridized carbons (Fsp3) is 0.385. The summed E-state index contributed by atoms with van der Waals surface area (Å²) in [6.45, 7) is 1.95. The van der Waals surface area contributed by atoms with Crippen LogP contribution >= 0.6 is 0 Å². The van der Waals surface area contributed by atoms with Crippen LogP contribution in [0.1, 0.15) is 11.1 Å². The number of hydrogen-bond donors (Lipinski definition) is 0. The van der Waals surface area contributed by atoms with E-state index in [9.17, 15) is 9.59 Å². The molecule has 0 radical (unpaired) electrons. The Balaban J connectivity index is 2.86. The molecule has 1 aromatic carbocycles. The fourth-order valence-corrected chi connectivity index (χ4v) is 1.62. The summed E-state index contributed by atoms with van der Waals surface area (Å²) in [6, 6.07) is 7.63. The molecule has 92 valence electrons. The first-order chi connectivity index (χ1) is 8.08.